The maximum Gasteiger partial charge on any atom is 0.299 e. The molecule has 0 radical (unpaired) electrons. The van der Waals surface area contributed by atoms with Crippen molar-refractivity contribution in [2.45, 2.75) is 25.4 Å². The molecule has 1 aliphatic heterocycles. The minimum Gasteiger partial charge on any atom is -0.423 e. The second-order valence-electron chi connectivity index (χ2n) is 7.49. The maximum absolute atomic E-state index is 12.9. The molecular weight excluding hydrogens is 380 g/mol. The first-order valence-corrected chi connectivity index (χ1v) is 10.0. The van der Waals surface area contributed by atoms with Crippen LogP contribution in [0.3, 0.4) is 0 Å². The van der Waals surface area contributed by atoms with E-state index in [0.717, 1.165) is 47.3 Å². The summed E-state index contributed by atoms with van der Waals surface area (Å²) in [6.45, 7) is 1.19. The molecule has 1 aliphatic rings. The highest BCUT2D eigenvalue weighted by molar-refractivity contribution is 5.85. The largest absolute Gasteiger partial charge is 0.423 e. The molecule has 1 amide bonds. The minimum atomic E-state index is -0.280. The van der Waals surface area contributed by atoms with Crippen molar-refractivity contribution in [1.29, 1.82) is 0 Å². The van der Waals surface area contributed by atoms with Crippen molar-refractivity contribution in [3.8, 4) is 11.3 Å². The number of anilines is 1. The molecule has 8 nitrogen and oxygen atoms in total. The summed E-state index contributed by atoms with van der Waals surface area (Å²) < 4.78 is 7.62. The molecule has 1 saturated heterocycles. The number of carbonyl (C=O) groups excluding carboxylic acids is 1. The van der Waals surface area contributed by atoms with Crippen molar-refractivity contribution < 1.29 is 9.21 Å². The molecule has 5 rings (SSSR count). The van der Waals surface area contributed by atoms with Crippen LogP contribution in [0.25, 0.3) is 22.4 Å². The van der Waals surface area contributed by atoms with Gasteiger partial charge in [0, 0.05) is 38.1 Å². The molecule has 4 aromatic rings. The van der Waals surface area contributed by atoms with E-state index in [2.05, 4.69) is 20.4 Å². The first-order valence-electron chi connectivity index (χ1n) is 10.0. The van der Waals surface area contributed by atoms with E-state index >= 15 is 0 Å². The van der Waals surface area contributed by atoms with Gasteiger partial charge in [-0.15, -0.1) is 0 Å². The van der Waals surface area contributed by atoms with E-state index in [0.29, 0.717) is 12.6 Å². The molecule has 1 atom stereocenters. The van der Waals surface area contributed by atoms with Gasteiger partial charge in [0.25, 0.3) is 6.01 Å². The number of pyridine rings is 1. The summed E-state index contributed by atoms with van der Waals surface area (Å²) in [6.07, 6.45) is 7.16. The highest BCUT2D eigenvalue weighted by atomic mass is 16.4. The number of hydrogen-bond acceptors (Lipinski definition) is 6. The fourth-order valence-corrected chi connectivity index (χ4v) is 3.85. The Bertz CT molecular complexity index is 1160. The van der Waals surface area contributed by atoms with Crippen molar-refractivity contribution in [3.63, 3.8) is 0 Å². The summed E-state index contributed by atoms with van der Waals surface area (Å²) in [5.41, 5.74) is 4.31. The molecule has 0 bridgehead atoms. The summed E-state index contributed by atoms with van der Waals surface area (Å²) in [4.78, 5) is 23.8. The fraction of sp³-hybridized carbons (Fsp3) is 0.273. The molecular formula is C22H22N6O2. The lowest BCUT2D eigenvalue weighted by Gasteiger charge is -2.22. The van der Waals surface area contributed by atoms with E-state index in [1.807, 2.05) is 54.5 Å². The molecule has 8 heteroatoms. The Labute approximate surface area is 173 Å². The molecule has 1 aromatic carbocycles. The monoisotopic (exact) mass is 402 g/mol. The van der Waals surface area contributed by atoms with Crippen molar-refractivity contribution in [1.82, 2.24) is 25.1 Å². The number of carbonyl (C=O) groups is 1. The van der Waals surface area contributed by atoms with Gasteiger partial charge in [-0.1, -0.05) is 12.1 Å². The number of para-hydroxylation sites is 2. The van der Waals surface area contributed by atoms with E-state index in [4.69, 9.17) is 4.42 Å². The summed E-state index contributed by atoms with van der Waals surface area (Å²) in [6, 6.07) is 11.8. The number of rotatable bonds is 5. The number of aryl methyl sites for hydroxylation is 1. The number of fused-ring (bicyclic) bond motifs is 1. The van der Waals surface area contributed by atoms with Gasteiger partial charge in [0.2, 0.25) is 5.91 Å². The molecule has 152 valence electrons. The van der Waals surface area contributed by atoms with Gasteiger partial charge < -0.3 is 14.6 Å². The standard InChI is InChI=1S/C22H22N6O2/c1-27-14-16(13-25-27)18-11-15(8-9-23-18)12-24-21(29)19-6-4-10-28(19)22-26-17-5-2-3-7-20(17)30-22/h2-3,5,7-9,11,13-14,19H,4,6,10,12H2,1H3,(H,24,29)/t19-/m0/s1. The van der Waals surface area contributed by atoms with Gasteiger partial charge >= 0.3 is 0 Å². The van der Waals surface area contributed by atoms with Crippen LogP contribution in [0.1, 0.15) is 18.4 Å². The average molecular weight is 402 g/mol. The molecule has 0 saturated carbocycles. The van der Waals surface area contributed by atoms with E-state index in [9.17, 15) is 4.79 Å². The highest BCUT2D eigenvalue weighted by Gasteiger charge is 2.33. The van der Waals surface area contributed by atoms with Crippen molar-refractivity contribution in [3.05, 3.63) is 60.6 Å². The lowest BCUT2D eigenvalue weighted by atomic mass is 10.1. The first kappa shape index (κ1) is 18.4. The van der Waals surface area contributed by atoms with Crippen molar-refractivity contribution in [2.75, 3.05) is 11.4 Å². The average Bonchev–Trinajstić information content (AvgIpc) is 3.50. The van der Waals surface area contributed by atoms with E-state index in [1.165, 1.54) is 0 Å². The predicted molar refractivity (Wildman–Crippen MR) is 113 cm³/mol. The highest BCUT2D eigenvalue weighted by Crippen LogP contribution is 2.28. The van der Waals surface area contributed by atoms with Crippen LogP contribution in [-0.2, 0) is 18.4 Å². The number of oxazole rings is 1. The van der Waals surface area contributed by atoms with Gasteiger partial charge in [-0.25, -0.2) is 0 Å². The zero-order valence-electron chi connectivity index (χ0n) is 16.7. The van der Waals surface area contributed by atoms with Crippen LogP contribution in [0, 0.1) is 0 Å². The number of aromatic nitrogens is 4. The van der Waals surface area contributed by atoms with Crippen LogP contribution in [0.2, 0.25) is 0 Å². The number of nitrogens with zero attached hydrogens (tertiary/aromatic N) is 5. The Kier molecular flexibility index (Phi) is 4.66. The Hall–Kier alpha value is -3.68. The van der Waals surface area contributed by atoms with Gasteiger partial charge in [0.05, 0.1) is 11.9 Å². The third-order valence-corrected chi connectivity index (χ3v) is 5.38. The number of benzene rings is 1. The van der Waals surface area contributed by atoms with E-state index in [-0.39, 0.29) is 11.9 Å². The smallest absolute Gasteiger partial charge is 0.299 e. The zero-order chi connectivity index (χ0) is 20.5. The van der Waals surface area contributed by atoms with Crippen molar-refractivity contribution >= 4 is 23.0 Å². The zero-order valence-corrected chi connectivity index (χ0v) is 16.7. The number of nitrogens with one attached hydrogen (secondary N) is 1. The van der Waals surface area contributed by atoms with Crippen LogP contribution < -0.4 is 10.2 Å². The second kappa shape index (κ2) is 7.62. The van der Waals surface area contributed by atoms with E-state index < -0.39 is 0 Å². The lowest BCUT2D eigenvalue weighted by Crippen LogP contribution is -2.43. The Morgan fingerprint density at radius 1 is 1.30 bits per heavy atom. The van der Waals surface area contributed by atoms with Crippen LogP contribution in [0.15, 0.2) is 59.4 Å². The molecule has 1 N–H and O–H groups in total. The summed E-state index contributed by atoms with van der Waals surface area (Å²) in [7, 11) is 1.87. The Balaban J connectivity index is 1.28. The molecule has 0 unspecified atom stereocenters. The molecule has 4 heterocycles. The predicted octanol–water partition coefficient (Wildman–Crippen LogP) is 2.91. The Morgan fingerprint density at radius 2 is 2.20 bits per heavy atom. The van der Waals surface area contributed by atoms with Gasteiger partial charge in [0.15, 0.2) is 5.58 Å². The van der Waals surface area contributed by atoms with Crippen molar-refractivity contribution in [2.24, 2.45) is 7.05 Å². The Morgan fingerprint density at radius 3 is 3.03 bits per heavy atom. The van der Waals surface area contributed by atoms with E-state index in [1.54, 1.807) is 17.1 Å². The van der Waals surface area contributed by atoms with Crippen LogP contribution in [0.4, 0.5) is 6.01 Å². The van der Waals surface area contributed by atoms with Gasteiger partial charge in [-0.05, 0) is 42.7 Å². The number of amides is 1. The molecule has 3 aromatic heterocycles. The molecule has 1 fully saturated rings. The fourth-order valence-electron chi connectivity index (χ4n) is 3.85. The molecule has 0 aliphatic carbocycles. The normalized spacial score (nSPS) is 16.3. The first-order chi connectivity index (χ1) is 14.7. The molecule has 30 heavy (non-hydrogen) atoms. The topological polar surface area (TPSA) is 89.1 Å². The SMILES string of the molecule is Cn1cc(-c2cc(CNC(=O)[C@@H]3CCCN3c3nc4ccccc4o3)ccn2)cn1. The molecule has 0 spiro atoms. The lowest BCUT2D eigenvalue weighted by molar-refractivity contribution is -0.122. The third-order valence-electron chi connectivity index (χ3n) is 5.38. The van der Waals surface area contributed by atoms with Crippen LogP contribution >= 0.6 is 0 Å². The minimum absolute atomic E-state index is 0.0190. The third kappa shape index (κ3) is 3.52. The summed E-state index contributed by atoms with van der Waals surface area (Å²) in [5, 5.41) is 7.25. The van der Waals surface area contributed by atoms with Gasteiger partial charge in [-0.3, -0.25) is 14.5 Å². The van der Waals surface area contributed by atoms with Crippen LogP contribution in [-0.4, -0.2) is 38.2 Å². The number of hydrogen-bond donors (Lipinski definition) is 1. The van der Waals surface area contributed by atoms with Gasteiger partial charge in [0.1, 0.15) is 11.6 Å². The summed E-state index contributed by atoms with van der Waals surface area (Å²) >= 11 is 0. The van der Waals surface area contributed by atoms with Crippen LogP contribution in [0.5, 0.6) is 0 Å². The van der Waals surface area contributed by atoms with Gasteiger partial charge in [-0.2, -0.15) is 10.1 Å². The summed E-state index contributed by atoms with van der Waals surface area (Å²) in [5.74, 6) is -0.0190. The quantitative estimate of drug-likeness (QED) is 0.552. The maximum atomic E-state index is 12.9. The second-order valence-corrected chi connectivity index (χ2v) is 7.49.